The predicted molar refractivity (Wildman–Crippen MR) is 85.9 cm³/mol. The molecule has 4 nitrogen and oxygen atoms in total. The summed E-state index contributed by atoms with van der Waals surface area (Å²) < 4.78 is 0.835. The first-order valence-electron chi connectivity index (χ1n) is 7.10. The van der Waals surface area contributed by atoms with Crippen molar-refractivity contribution in [3.8, 4) is 0 Å². The number of nitrogens with one attached hydrogen (secondary N) is 1. The Kier molecular flexibility index (Phi) is 5.05. The number of nitrogens with two attached hydrogens (primary N) is 1. The molecule has 1 aromatic rings. The molecule has 0 aromatic heterocycles. The van der Waals surface area contributed by atoms with Gasteiger partial charge >= 0.3 is 0 Å². The van der Waals surface area contributed by atoms with E-state index in [4.69, 9.17) is 5.73 Å². The lowest BCUT2D eigenvalue weighted by atomic mass is 10.1. The highest BCUT2D eigenvalue weighted by Gasteiger charge is 2.23. The third-order valence-electron chi connectivity index (χ3n) is 4.06. The van der Waals surface area contributed by atoms with Crippen LogP contribution in [0.15, 0.2) is 16.6 Å². The van der Waals surface area contributed by atoms with Crippen LogP contribution in [0.1, 0.15) is 35.7 Å². The molecule has 20 heavy (non-hydrogen) atoms. The first-order chi connectivity index (χ1) is 9.52. The summed E-state index contributed by atoms with van der Waals surface area (Å²) in [4.78, 5) is 14.7. The number of likely N-dealkylation sites (tertiary alicyclic amines) is 1. The maximum atomic E-state index is 12.3. The minimum Gasteiger partial charge on any atom is -0.398 e. The molecule has 1 aromatic carbocycles. The topological polar surface area (TPSA) is 58.4 Å². The summed E-state index contributed by atoms with van der Waals surface area (Å²) in [5.41, 5.74) is 8.03. The molecule has 1 fully saturated rings. The third-order valence-corrected chi connectivity index (χ3v) is 4.52. The van der Waals surface area contributed by atoms with Crippen LogP contribution in [0.25, 0.3) is 0 Å². The van der Waals surface area contributed by atoms with Crippen molar-refractivity contribution < 1.29 is 4.79 Å². The van der Waals surface area contributed by atoms with Crippen molar-refractivity contribution in [1.82, 2.24) is 10.2 Å². The molecular formula is C15H22BrN3O. The van der Waals surface area contributed by atoms with Gasteiger partial charge in [0.05, 0.1) is 0 Å². The van der Waals surface area contributed by atoms with Crippen LogP contribution < -0.4 is 11.1 Å². The number of nitrogens with zero attached hydrogens (tertiary/aromatic N) is 1. The van der Waals surface area contributed by atoms with Crippen LogP contribution in [0.2, 0.25) is 0 Å². The molecule has 110 valence electrons. The number of nitrogen functional groups attached to an aromatic ring is 1. The van der Waals surface area contributed by atoms with E-state index in [1.807, 2.05) is 19.1 Å². The number of hydrogen-bond acceptors (Lipinski definition) is 3. The van der Waals surface area contributed by atoms with E-state index in [1.165, 1.54) is 6.42 Å². The van der Waals surface area contributed by atoms with Crippen molar-refractivity contribution in [2.24, 2.45) is 0 Å². The van der Waals surface area contributed by atoms with Gasteiger partial charge in [-0.2, -0.15) is 0 Å². The maximum absolute atomic E-state index is 12.3. The fourth-order valence-corrected chi connectivity index (χ4v) is 3.26. The van der Waals surface area contributed by atoms with Gasteiger partial charge < -0.3 is 11.1 Å². The Morgan fingerprint density at radius 2 is 2.30 bits per heavy atom. The van der Waals surface area contributed by atoms with E-state index in [1.54, 1.807) is 0 Å². The SMILES string of the molecule is CCN1CCCC1CNC(=O)c1cc(Br)cc(N)c1C. The number of anilines is 1. The van der Waals surface area contributed by atoms with E-state index >= 15 is 0 Å². The lowest BCUT2D eigenvalue weighted by molar-refractivity contribution is 0.0940. The second-order valence-corrected chi connectivity index (χ2v) is 6.22. The molecule has 1 saturated heterocycles. The molecule has 5 heteroatoms. The lowest BCUT2D eigenvalue weighted by Crippen LogP contribution is -2.40. The zero-order valence-electron chi connectivity index (χ0n) is 12.1. The lowest BCUT2D eigenvalue weighted by Gasteiger charge is -2.23. The number of carbonyl (C=O) groups excluding carboxylic acids is 1. The van der Waals surface area contributed by atoms with E-state index < -0.39 is 0 Å². The molecule has 0 radical (unpaired) electrons. The van der Waals surface area contributed by atoms with Crippen molar-refractivity contribution in [3.63, 3.8) is 0 Å². The highest BCUT2D eigenvalue weighted by molar-refractivity contribution is 9.10. The Hall–Kier alpha value is -1.07. The Balaban J connectivity index is 2.02. The fourth-order valence-electron chi connectivity index (χ4n) is 2.78. The molecule has 1 amide bonds. The average molecular weight is 340 g/mol. The van der Waals surface area contributed by atoms with E-state index in [-0.39, 0.29) is 5.91 Å². The number of carbonyl (C=O) groups is 1. The van der Waals surface area contributed by atoms with E-state index in [0.717, 1.165) is 29.5 Å². The Labute approximate surface area is 128 Å². The smallest absolute Gasteiger partial charge is 0.251 e. The zero-order valence-corrected chi connectivity index (χ0v) is 13.7. The summed E-state index contributed by atoms with van der Waals surface area (Å²) in [6.07, 6.45) is 2.38. The quantitative estimate of drug-likeness (QED) is 0.829. The van der Waals surface area contributed by atoms with Crippen LogP contribution in [0, 0.1) is 6.92 Å². The van der Waals surface area contributed by atoms with Crippen LogP contribution in [0.5, 0.6) is 0 Å². The Morgan fingerprint density at radius 1 is 1.55 bits per heavy atom. The number of amides is 1. The second-order valence-electron chi connectivity index (χ2n) is 5.30. The van der Waals surface area contributed by atoms with E-state index in [0.29, 0.717) is 23.8 Å². The van der Waals surface area contributed by atoms with Crippen LogP contribution in [-0.4, -0.2) is 36.5 Å². The molecule has 3 N–H and O–H groups in total. The minimum atomic E-state index is -0.0431. The van der Waals surface area contributed by atoms with Crippen molar-refractivity contribution in [1.29, 1.82) is 0 Å². The first kappa shape index (κ1) is 15.3. The van der Waals surface area contributed by atoms with Crippen LogP contribution in [0.4, 0.5) is 5.69 Å². The molecule has 1 atom stereocenters. The van der Waals surface area contributed by atoms with E-state index in [9.17, 15) is 4.79 Å². The van der Waals surface area contributed by atoms with Crippen LogP contribution >= 0.6 is 15.9 Å². The van der Waals surface area contributed by atoms with Crippen molar-refractivity contribution >= 4 is 27.5 Å². The van der Waals surface area contributed by atoms with Gasteiger partial charge in [0.25, 0.3) is 5.91 Å². The van der Waals surface area contributed by atoms with Gasteiger partial charge in [-0.3, -0.25) is 9.69 Å². The normalized spacial score (nSPS) is 19.2. The number of hydrogen-bond donors (Lipinski definition) is 2. The van der Waals surface area contributed by atoms with Crippen molar-refractivity contribution in [2.75, 3.05) is 25.4 Å². The molecule has 0 saturated carbocycles. The molecule has 0 spiro atoms. The van der Waals surface area contributed by atoms with Crippen molar-refractivity contribution in [3.05, 3.63) is 27.7 Å². The van der Waals surface area contributed by atoms with Crippen LogP contribution in [-0.2, 0) is 0 Å². The van der Waals surface area contributed by atoms with Crippen molar-refractivity contribution in [2.45, 2.75) is 32.7 Å². The number of rotatable bonds is 4. The molecule has 1 unspecified atom stereocenters. The second kappa shape index (κ2) is 6.59. The summed E-state index contributed by atoms with van der Waals surface area (Å²) in [7, 11) is 0. The van der Waals surface area contributed by atoms with Gasteiger partial charge in [0, 0.05) is 28.3 Å². The first-order valence-corrected chi connectivity index (χ1v) is 7.90. The molecule has 1 aliphatic rings. The zero-order chi connectivity index (χ0) is 14.7. The van der Waals surface area contributed by atoms with Gasteiger partial charge in [0.2, 0.25) is 0 Å². The standard InChI is InChI=1S/C15H22BrN3O/c1-3-19-6-4-5-12(19)9-18-15(20)13-7-11(16)8-14(17)10(13)2/h7-8,12H,3-6,9,17H2,1-2H3,(H,18,20). The summed E-state index contributed by atoms with van der Waals surface area (Å²) in [5.74, 6) is -0.0431. The molecule has 1 heterocycles. The highest BCUT2D eigenvalue weighted by atomic mass is 79.9. The molecule has 1 aliphatic heterocycles. The van der Waals surface area contributed by atoms with Gasteiger partial charge in [0.1, 0.15) is 0 Å². The summed E-state index contributed by atoms with van der Waals surface area (Å²) in [6, 6.07) is 4.11. The third kappa shape index (κ3) is 3.33. The summed E-state index contributed by atoms with van der Waals surface area (Å²) in [6.45, 7) is 6.94. The number of halogens is 1. The largest absolute Gasteiger partial charge is 0.398 e. The van der Waals surface area contributed by atoms with Gasteiger partial charge in [-0.05, 0) is 50.6 Å². The maximum Gasteiger partial charge on any atom is 0.251 e. The highest BCUT2D eigenvalue weighted by Crippen LogP contribution is 2.23. The Morgan fingerprint density at radius 3 is 3.00 bits per heavy atom. The monoisotopic (exact) mass is 339 g/mol. The van der Waals surface area contributed by atoms with Gasteiger partial charge in [-0.1, -0.05) is 22.9 Å². The summed E-state index contributed by atoms with van der Waals surface area (Å²) in [5, 5.41) is 3.04. The molecule has 0 bridgehead atoms. The molecular weight excluding hydrogens is 318 g/mol. The fraction of sp³-hybridized carbons (Fsp3) is 0.533. The number of likely N-dealkylation sites (N-methyl/N-ethyl adjacent to an activating group) is 1. The number of benzene rings is 1. The van der Waals surface area contributed by atoms with Gasteiger partial charge in [0.15, 0.2) is 0 Å². The predicted octanol–water partition coefficient (Wildman–Crippen LogP) is 2.55. The molecule has 2 rings (SSSR count). The molecule has 0 aliphatic carbocycles. The summed E-state index contributed by atoms with van der Waals surface area (Å²) >= 11 is 3.39. The van der Waals surface area contributed by atoms with E-state index in [2.05, 4.69) is 33.1 Å². The van der Waals surface area contributed by atoms with Gasteiger partial charge in [-0.15, -0.1) is 0 Å². The Bertz CT molecular complexity index is 504. The van der Waals surface area contributed by atoms with Gasteiger partial charge in [-0.25, -0.2) is 0 Å². The average Bonchev–Trinajstić information content (AvgIpc) is 2.87. The minimum absolute atomic E-state index is 0.0431. The van der Waals surface area contributed by atoms with Crippen LogP contribution in [0.3, 0.4) is 0 Å².